The lowest BCUT2D eigenvalue weighted by Crippen LogP contribution is -2.30. The summed E-state index contributed by atoms with van der Waals surface area (Å²) < 4.78 is 27.6. The maximum Gasteiger partial charge on any atom is 0.220 e. The minimum Gasteiger partial charge on any atom is -0.493 e. The minimum atomic E-state index is -0.0179. The summed E-state index contributed by atoms with van der Waals surface area (Å²) in [7, 11) is 4.75. The Morgan fingerprint density at radius 2 is 1.74 bits per heavy atom. The molecule has 31 heavy (non-hydrogen) atoms. The summed E-state index contributed by atoms with van der Waals surface area (Å²) in [5.41, 5.74) is 1.96. The highest BCUT2D eigenvalue weighted by atomic mass is 16.6. The zero-order valence-electron chi connectivity index (χ0n) is 18.2. The van der Waals surface area contributed by atoms with Gasteiger partial charge >= 0.3 is 0 Å². The van der Waals surface area contributed by atoms with Gasteiger partial charge in [-0.3, -0.25) is 4.79 Å². The van der Waals surface area contributed by atoms with Crippen LogP contribution in [0.1, 0.15) is 36.4 Å². The summed E-state index contributed by atoms with van der Waals surface area (Å²) in [6.07, 6.45) is 3.11. The second-order valence-electron chi connectivity index (χ2n) is 7.78. The van der Waals surface area contributed by atoms with Gasteiger partial charge in [0.25, 0.3) is 0 Å². The molecule has 0 spiro atoms. The normalized spacial score (nSPS) is 15.7. The first-order valence-corrected chi connectivity index (χ1v) is 10.6. The van der Waals surface area contributed by atoms with Crippen LogP contribution in [0.2, 0.25) is 0 Å². The van der Waals surface area contributed by atoms with Gasteiger partial charge in [-0.15, -0.1) is 0 Å². The number of carbonyl (C=O) groups is 1. The molecule has 1 saturated carbocycles. The van der Waals surface area contributed by atoms with Gasteiger partial charge in [-0.1, -0.05) is 12.1 Å². The van der Waals surface area contributed by atoms with Crippen molar-refractivity contribution in [3.8, 4) is 28.7 Å². The molecule has 7 nitrogen and oxygen atoms in total. The maximum atomic E-state index is 12.8. The van der Waals surface area contributed by atoms with Crippen molar-refractivity contribution in [1.82, 2.24) is 5.32 Å². The number of hydrogen-bond donors (Lipinski definition) is 1. The van der Waals surface area contributed by atoms with E-state index in [9.17, 15) is 4.79 Å². The van der Waals surface area contributed by atoms with Crippen molar-refractivity contribution >= 4 is 5.91 Å². The van der Waals surface area contributed by atoms with Crippen molar-refractivity contribution in [2.75, 3.05) is 34.5 Å². The summed E-state index contributed by atoms with van der Waals surface area (Å²) >= 11 is 0. The van der Waals surface area contributed by atoms with Crippen LogP contribution in [-0.2, 0) is 11.2 Å². The Balaban J connectivity index is 1.44. The molecule has 4 rings (SSSR count). The third-order valence-electron chi connectivity index (χ3n) is 5.74. The third kappa shape index (κ3) is 4.65. The molecule has 1 aliphatic heterocycles. The van der Waals surface area contributed by atoms with E-state index in [2.05, 4.69) is 5.32 Å². The van der Waals surface area contributed by atoms with Crippen molar-refractivity contribution in [3.05, 3.63) is 41.5 Å². The van der Waals surface area contributed by atoms with Crippen molar-refractivity contribution in [3.63, 3.8) is 0 Å². The van der Waals surface area contributed by atoms with Crippen LogP contribution in [0.15, 0.2) is 30.3 Å². The quantitative estimate of drug-likeness (QED) is 0.658. The van der Waals surface area contributed by atoms with Crippen LogP contribution in [0, 0.1) is 5.92 Å². The van der Waals surface area contributed by atoms with E-state index in [0.717, 1.165) is 35.5 Å². The lowest BCUT2D eigenvalue weighted by molar-refractivity contribution is -0.122. The van der Waals surface area contributed by atoms with Crippen molar-refractivity contribution in [1.29, 1.82) is 0 Å². The smallest absolute Gasteiger partial charge is 0.220 e. The van der Waals surface area contributed by atoms with E-state index in [0.29, 0.717) is 49.2 Å². The number of amides is 1. The van der Waals surface area contributed by atoms with Crippen molar-refractivity contribution < 1.29 is 28.5 Å². The van der Waals surface area contributed by atoms with Gasteiger partial charge in [0, 0.05) is 6.42 Å². The molecule has 1 atom stereocenters. The fourth-order valence-electron chi connectivity index (χ4n) is 4.01. The van der Waals surface area contributed by atoms with Crippen molar-refractivity contribution in [2.45, 2.75) is 31.7 Å². The third-order valence-corrected chi connectivity index (χ3v) is 5.74. The Morgan fingerprint density at radius 1 is 1.00 bits per heavy atom. The average molecular weight is 427 g/mol. The van der Waals surface area contributed by atoms with E-state index >= 15 is 0 Å². The number of rotatable bonds is 9. The summed E-state index contributed by atoms with van der Waals surface area (Å²) in [4.78, 5) is 12.8. The van der Waals surface area contributed by atoms with Gasteiger partial charge in [-0.25, -0.2) is 0 Å². The monoisotopic (exact) mass is 427 g/mol. The Kier molecular flexibility index (Phi) is 6.39. The van der Waals surface area contributed by atoms with E-state index in [1.54, 1.807) is 21.3 Å². The average Bonchev–Trinajstić information content (AvgIpc) is 3.65. The molecule has 1 N–H and O–H groups in total. The van der Waals surface area contributed by atoms with Crippen LogP contribution < -0.4 is 29.0 Å². The standard InChI is InChI=1S/C24H29NO6/c1-27-19-10-6-16(23(28-2)24(19)29-3)8-11-21(26)25-22(15-4-5-15)17-7-9-18-20(14-17)31-13-12-30-18/h6-7,9-10,14-15,22H,4-5,8,11-13H2,1-3H3,(H,25,26). The largest absolute Gasteiger partial charge is 0.493 e. The Hall–Kier alpha value is -3.09. The van der Waals surface area contributed by atoms with Gasteiger partial charge in [0.2, 0.25) is 11.7 Å². The predicted molar refractivity (Wildman–Crippen MR) is 115 cm³/mol. The summed E-state index contributed by atoms with van der Waals surface area (Å²) in [6, 6.07) is 9.67. The highest BCUT2D eigenvalue weighted by molar-refractivity contribution is 5.77. The van der Waals surface area contributed by atoms with Crippen LogP contribution in [0.5, 0.6) is 28.7 Å². The van der Waals surface area contributed by atoms with Crippen LogP contribution in [0.3, 0.4) is 0 Å². The number of benzene rings is 2. The number of carbonyl (C=O) groups excluding carboxylic acids is 1. The first-order chi connectivity index (χ1) is 15.1. The molecule has 166 valence electrons. The van der Waals surface area contributed by atoms with E-state index in [1.165, 1.54) is 0 Å². The number of aryl methyl sites for hydroxylation is 1. The minimum absolute atomic E-state index is 0.00336. The molecule has 2 aromatic carbocycles. The fraction of sp³-hybridized carbons (Fsp3) is 0.458. The molecule has 0 saturated heterocycles. The van der Waals surface area contributed by atoms with Gasteiger partial charge in [0.15, 0.2) is 23.0 Å². The van der Waals surface area contributed by atoms with Crippen LogP contribution >= 0.6 is 0 Å². The molecular formula is C24H29NO6. The van der Waals surface area contributed by atoms with Gasteiger partial charge in [-0.05, 0) is 54.5 Å². The highest BCUT2D eigenvalue weighted by Crippen LogP contribution is 2.44. The van der Waals surface area contributed by atoms with Gasteiger partial charge in [0.05, 0.1) is 27.4 Å². The van der Waals surface area contributed by atoms with E-state index in [1.807, 2.05) is 30.3 Å². The highest BCUT2D eigenvalue weighted by Gasteiger charge is 2.34. The van der Waals surface area contributed by atoms with E-state index in [4.69, 9.17) is 23.7 Å². The van der Waals surface area contributed by atoms with Gasteiger partial charge in [0.1, 0.15) is 13.2 Å². The molecule has 1 heterocycles. The van der Waals surface area contributed by atoms with E-state index < -0.39 is 0 Å². The molecule has 0 radical (unpaired) electrons. The molecule has 2 aliphatic rings. The Labute approximate surface area is 182 Å². The van der Waals surface area contributed by atoms with Crippen LogP contribution in [0.25, 0.3) is 0 Å². The van der Waals surface area contributed by atoms with Gasteiger partial charge in [-0.2, -0.15) is 0 Å². The molecule has 7 heteroatoms. The van der Waals surface area contributed by atoms with Crippen LogP contribution in [0.4, 0.5) is 0 Å². The Morgan fingerprint density at radius 3 is 2.42 bits per heavy atom. The molecule has 1 aliphatic carbocycles. The number of fused-ring (bicyclic) bond motifs is 1. The lowest BCUT2D eigenvalue weighted by atomic mass is 10.0. The topological polar surface area (TPSA) is 75.3 Å². The SMILES string of the molecule is COc1ccc(CCC(=O)NC(c2ccc3c(c2)OCCO3)C2CC2)c(OC)c1OC. The van der Waals surface area contributed by atoms with Crippen molar-refractivity contribution in [2.24, 2.45) is 5.92 Å². The van der Waals surface area contributed by atoms with E-state index in [-0.39, 0.29) is 11.9 Å². The summed E-state index contributed by atoms with van der Waals surface area (Å²) in [5.74, 6) is 3.70. The molecule has 1 amide bonds. The summed E-state index contributed by atoms with van der Waals surface area (Å²) in [5, 5.41) is 3.23. The van der Waals surface area contributed by atoms with Gasteiger partial charge < -0.3 is 29.0 Å². The summed E-state index contributed by atoms with van der Waals surface area (Å²) in [6.45, 7) is 1.11. The molecular weight excluding hydrogens is 398 g/mol. The zero-order valence-corrected chi connectivity index (χ0v) is 18.2. The molecule has 2 aromatic rings. The second-order valence-corrected chi connectivity index (χ2v) is 7.78. The molecule has 0 aromatic heterocycles. The number of nitrogens with one attached hydrogen (secondary N) is 1. The number of methoxy groups -OCH3 is 3. The second kappa shape index (κ2) is 9.37. The first-order valence-electron chi connectivity index (χ1n) is 10.6. The zero-order chi connectivity index (χ0) is 21.8. The number of ether oxygens (including phenoxy) is 5. The molecule has 0 bridgehead atoms. The first kappa shape index (κ1) is 21.2. The lowest BCUT2D eigenvalue weighted by Gasteiger charge is -2.23. The molecule has 1 fully saturated rings. The maximum absolute atomic E-state index is 12.8. The molecule has 1 unspecified atom stereocenters. The van der Waals surface area contributed by atoms with Crippen LogP contribution in [-0.4, -0.2) is 40.5 Å². The Bertz CT molecular complexity index is 940. The predicted octanol–water partition coefficient (Wildman–Crippen LogP) is 3.68. The number of hydrogen-bond acceptors (Lipinski definition) is 6. The fourth-order valence-corrected chi connectivity index (χ4v) is 4.01.